The van der Waals surface area contributed by atoms with Gasteiger partial charge in [-0.15, -0.1) is 33.6 Å². The van der Waals surface area contributed by atoms with E-state index in [9.17, 15) is 18.0 Å². The van der Waals surface area contributed by atoms with Gasteiger partial charge in [-0.1, -0.05) is 34.8 Å². The van der Waals surface area contributed by atoms with E-state index in [0.29, 0.717) is 27.5 Å². The number of piperidine rings is 1. The average Bonchev–Trinajstić information content (AvgIpc) is 3.36. The molecule has 14 heteroatoms. The molecule has 4 rings (SSSR count). The highest BCUT2D eigenvalue weighted by Crippen LogP contribution is 2.34. The second kappa shape index (κ2) is 9.24. The second-order valence-electron chi connectivity index (χ2n) is 7.07. The summed E-state index contributed by atoms with van der Waals surface area (Å²) in [6.07, 6.45) is -3.00. The average molecular weight is 486 g/mol. The van der Waals surface area contributed by atoms with Crippen LogP contribution in [0.4, 0.5) is 28.6 Å². The van der Waals surface area contributed by atoms with Gasteiger partial charge in [0, 0.05) is 19.0 Å². The first-order valence-corrected chi connectivity index (χ1v) is 11.2. The van der Waals surface area contributed by atoms with Crippen molar-refractivity contribution in [2.75, 3.05) is 29.0 Å². The Morgan fingerprint density at radius 2 is 2.09 bits per heavy atom. The first-order valence-electron chi connectivity index (χ1n) is 9.57. The summed E-state index contributed by atoms with van der Waals surface area (Å²) in [5.74, 6) is -0.595. The van der Waals surface area contributed by atoms with Crippen molar-refractivity contribution in [2.24, 2.45) is 0 Å². The maximum absolute atomic E-state index is 12.4. The minimum atomic E-state index is -4.79. The van der Waals surface area contributed by atoms with Crippen LogP contribution >= 0.6 is 22.7 Å². The molecule has 0 spiro atoms. The van der Waals surface area contributed by atoms with Crippen molar-refractivity contribution in [2.45, 2.75) is 31.5 Å². The molecule has 1 aliphatic rings. The fourth-order valence-corrected chi connectivity index (χ4v) is 4.89. The van der Waals surface area contributed by atoms with E-state index in [1.807, 2.05) is 0 Å². The summed E-state index contributed by atoms with van der Waals surface area (Å²) in [7, 11) is 0. The molecule has 3 heterocycles. The number of ether oxygens (including phenoxy) is 1. The lowest BCUT2D eigenvalue weighted by atomic mass is 9.99. The summed E-state index contributed by atoms with van der Waals surface area (Å²) in [5.41, 5.74) is 6.06. The Balaban J connectivity index is 1.35. The lowest BCUT2D eigenvalue weighted by Gasteiger charge is -2.30. The van der Waals surface area contributed by atoms with Crippen LogP contribution in [0.25, 0.3) is 0 Å². The number of hydrogen-bond donors (Lipinski definition) is 2. The zero-order valence-corrected chi connectivity index (χ0v) is 18.1. The van der Waals surface area contributed by atoms with E-state index in [1.165, 1.54) is 40.9 Å². The third kappa shape index (κ3) is 5.82. The van der Waals surface area contributed by atoms with Gasteiger partial charge in [-0.25, -0.2) is 0 Å². The van der Waals surface area contributed by atoms with Gasteiger partial charge in [0.05, 0.1) is 6.42 Å². The molecule has 1 atom stereocenters. The van der Waals surface area contributed by atoms with E-state index in [-0.39, 0.29) is 18.1 Å². The van der Waals surface area contributed by atoms with Gasteiger partial charge in [-0.2, -0.15) is 0 Å². The van der Waals surface area contributed by atoms with Crippen molar-refractivity contribution in [3.63, 3.8) is 0 Å². The number of nitrogens with two attached hydrogens (primary N) is 1. The summed E-state index contributed by atoms with van der Waals surface area (Å²) in [5, 5.41) is 21.1. The number of carbonyl (C=O) groups is 1. The van der Waals surface area contributed by atoms with Crippen LogP contribution < -0.4 is 20.7 Å². The van der Waals surface area contributed by atoms with E-state index in [4.69, 9.17) is 5.73 Å². The van der Waals surface area contributed by atoms with Crippen molar-refractivity contribution >= 4 is 44.0 Å². The summed E-state index contributed by atoms with van der Waals surface area (Å²) >= 11 is 2.61. The summed E-state index contributed by atoms with van der Waals surface area (Å²) in [4.78, 5) is 14.4. The molecule has 1 aromatic carbocycles. The molecule has 0 bridgehead atoms. The highest BCUT2D eigenvalue weighted by molar-refractivity contribution is 7.19. The number of benzene rings is 1. The van der Waals surface area contributed by atoms with E-state index in [1.54, 1.807) is 6.07 Å². The van der Waals surface area contributed by atoms with Gasteiger partial charge >= 0.3 is 6.36 Å². The lowest BCUT2D eigenvalue weighted by Crippen LogP contribution is -2.34. The lowest BCUT2D eigenvalue weighted by molar-refractivity contribution is -0.274. The van der Waals surface area contributed by atoms with Crippen LogP contribution in [0.3, 0.4) is 0 Å². The Morgan fingerprint density at radius 1 is 1.25 bits per heavy atom. The predicted molar refractivity (Wildman–Crippen MR) is 114 cm³/mol. The largest absolute Gasteiger partial charge is 0.573 e. The number of hydrogen-bond acceptors (Lipinski definition) is 10. The molecule has 3 N–H and O–H groups in total. The van der Waals surface area contributed by atoms with Gasteiger partial charge in [0.15, 0.2) is 0 Å². The molecule has 32 heavy (non-hydrogen) atoms. The molecule has 1 amide bonds. The molecule has 9 nitrogen and oxygen atoms in total. The van der Waals surface area contributed by atoms with E-state index < -0.39 is 12.3 Å². The molecule has 1 aliphatic heterocycles. The van der Waals surface area contributed by atoms with Crippen LogP contribution in [0.15, 0.2) is 24.3 Å². The number of anilines is 3. The fourth-order valence-electron chi connectivity index (χ4n) is 3.36. The molecule has 2 aromatic heterocycles. The van der Waals surface area contributed by atoms with Crippen LogP contribution in [-0.2, 0) is 11.2 Å². The normalized spacial score (nSPS) is 16.7. The quantitative estimate of drug-likeness (QED) is 0.545. The van der Waals surface area contributed by atoms with E-state index >= 15 is 0 Å². The first-order chi connectivity index (χ1) is 15.2. The standard InChI is InChI=1S/C18H18F3N7O2S2/c19-18(20,21)30-12-5-1-3-10(7-12)8-13(29)23-16-26-27-17(32-16)28-6-2-4-11(9-28)14-24-25-15(22)31-14/h1,3,5,7,11H,2,4,6,8-9H2,(H2,22,25)(H,23,26,29). The van der Waals surface area contributed by atoms with Crippen LogP contribution in [0, 0.1) is 0 Å². The number of aromatic nitrogens is 4. The number of alkyl halides is 3. The number of carbonyl (C=O) groups excluding carboxylic acids is 1. The Morgan fingerprint density at radius 3 is 2.84 bits per heavy atom. The maximum Gasteiger partial charge on any atom is 0.573 e. The molecule has 1 fully saturated rings. The smallest absolute Gasteiger partial charge is 0.406 e. The highest BCUT2D eigenvalue weighted by atomic mass is 32.1. The Hall–Kier alpha value is -3.00. The Bertz CT molecular complexity index is 1090. The number of nitrogens with one attached hydrogen (secondary N) is 1. The number of rotatable bonds is 6. The third-order valence-electron chi connectivity index (χ3n) is 4.65. The van der Waals surface area contributed by atoms with Crippen molar-refractivity contribution < 1.29 is 22.7 Å². The van der Waals surface area contributed by atoms with E-state index in [2.05, 4.69) is 35.3 Å². The van der Waals surface area contributed by atoms with Crippen molar-refractivity contribution in [3.8, 4) is 5.75 Å². The molecule has 0 saturated carbocycles. The Kier molecular flexibility index (Phi) is 6.41. The molecule has 1 saturated heterocycles. The van der Waals surface area contributed by atoms with E-state index in [0.717, 1.165) is 24.4 Å². The second-order valence-corrected chi connectivity index (χ2v) is 9.07. The van der Waals surface area contributed by atoms with Gasteiger partial charge < -0.3 is 20.7 Å². The maximum atomic E-state index is 12.4. The molecular formula is C18H18F3N7O2S2. The zero-order valence-electron chi connectivity index (χ0n) is 16.5. The predicted octanol–water partition coefficient (Wildman–Crippen LogP) is 3.44. The minimum Gasteiger partial charge on any atom is -0.406 e. The summed E-state index contributed by atoms with van der Waals surface area (Å²) in [6, 6.07) is 5.29. The summed E-state index contributed by atoms with van der Waals surface area (Å²) < 4.78 is 41.0. The minimum absolute atomic E-state index is 0.131. The van der Waals surface area contributed by atoms with Crippen LogP contribution in [0.5, 0.6) is 5.75 Å². The molecule has 170 valence electrons. The number of nitrogen functional groups attached to an aromatic ring is 1. The monoisotopic (exact) mass is 485 g/mol. The van der Waals surface area contributed by atoms with Gasteiger partial charge in [-0.05, 0) is 30.5 Å². The van der Waals surface area contributed by atoms with Gasteiger partial charge in [-0.3, -0.25) is 4.79 Å². The van der Waals surface area contributed by atoms with Crippen molar-refractivity contribution in [1.29, 1.82) is 0 Å². The topological polar surface area (TPSA) is 119 Å². The number of amides is 1. The van der Waals surface area contributed by atoms with Crippen LogP contribution in [0.1, 0.15) is 29.3 Å². The highest BCUT2D eigenvalue weighted by Gasteiger charge is 2.31. The van der Waals surface area contributed by atoms with Crippen molar-refractivity contribution in [3.05, 3.63) is 34.8 Å². The SMILES string of the molecule is Nc1nnc(C2CCCN(c3nnc(NC(=O)Cc4cccc(OC(F)(F)F)c4)s3)C2)s1. The van der Waals surface area contributed by atoms with Crippen LogP contribution in [0.2, 0.25) is 0 Å². The molecule has 0 radical (unpaired) electrons. The zero-order chi connectivity index (χ0) is 22.7. The first kappa shape index (κ1) is 22.2. The molecule has 0 aliphatic carbocycles. The molecule has 3 aromatic rings. The fraction of sp³-hybridized carbons (Fsp3) is 0.389. The van der Waals surface area contributed by atoms with Gasteiger partial charge in [0.25, 0.3) is 0 Å². The van der Waals surface area contributed by atoms with Gasteiger partial charge in [0.2, 0.25) is 21.3 Å². The molecular weight excluding hydrogens is 467 g/mol. The van der Waals surface area contributed by atoms with Crippen molar-refractivity contribution in [1.82, 2.24) is 20.4 Å². The third-order valence-corrected chi connectivity index (χ3v) is 6.47. The molecule has 1 unspecified atom stereocenters. The van der Waals surface area contributed by atoms with Gasteiger partial charge in [0.1, 0.15) is 10.8 Å². The van der Waals surface area contributed by atoms with Crippen LogP contribution in [-0.4, -0.2) is 45.8 Å². The Labute approximate surface area is 188 Å². The number of nitrogens with zero attached hydrogens (tertiary/aromatic N) is 5. The summed E-state index contributed by atoms with van der Waals surface area (Å²) in [6.45, 7) is 1.50. The number of halogens is 3.